The molecule has 4 atom stereocenters. The summed E-state index contributed by atoms with van der Waals surface area (Å²) >= 11 is 0. The summed E-state index contributed by atoms with van der Waals surface area (Å²) in [5, 5.41) is 28.1. The highest BCUT2D eigenvalue weighted by atomic mass is 16.8. The maximum absolute atomic E-state index is 10.2. The smallest absolute Gasteiger partial charge is 0.190 e. The van der Waals surface area contributed by atoms with Crippen molar-refractivity contribution in [1.82, 2.24) is 4.90 Å². The third-order valence-corrected chi connectivity index (χ3v) is 3.39. The van der Waals surface area contributed by atoms with E-state index in [1.54, 1.807) is 13.8 Å². The van der Waals surface area contributed by atoms with Gasteiger partial charge in [0.25, 0.3) is 0 Å². The Labute approximate surface area is 112 Å². The van der Waals surface area contributed by atoms with Crippen LogP contribution in [0.2, 0.25) is 0 Å². The minimum absolute atomic E-state index is 0.00426. The van der Waals surface area contributed by atoms with Crippen LogP contribution in [0.1, 0.15) is 13.8 Å². The molecule has 0 unspecified atom stereocenters. The summed E-state index contributed by atoms with van der Waals surface area (Å²) < 4.78 is 16.8. The summed E-state index contributed by atoms with van der Waals surface area (Å²) in [6.45, 7) is 4.82. The molecule has 19 heavy (non-hydrogen) atoms. The first-order chi connectivity index (χ1) is 8.96. The first kappa shape index (κ1) is 15.1. The van der Waals surface area contributed by atoms with Gasteiger partial charge in [-0.3, -0.25) is 4.90 Å². The Morgan fingerprint density at radius 2 is 1.74 bits per heavy atom. The predicted octanol–water partition coefficient (Wildman–Crippen LogP) is -1.49. The maximum atomic E-state index is 10.2. The SMILES string of the molecule is CC1(C)O[C@H]2O[C@H](CN(CCO)CCO)[C@H](O)[C@H]2O1. The lowest BCUT2D eigenvalue weighted by Gasteiger charge is -2.27. The van der Waals surface area contributed by atoms with Crippen molar-refractivity contribution in [2.75, 3.05) is 32.8 Å². The van der Waals surface area contributed by atoms with Gasteiger partial charge in [0.15, 0.2) is 12.1 Å². The Kier molecular flexibility index (Phi) is 4.78. The Morgan fingerprint density at radius 3 is 2.26 bits per heavy atom. The van der Waals surface area contributed by atoms with E-state index in [1.807, 2.05) is 4.90 Å². The zero-order chi connectivity index (χ0) is 14.0. The predicted molar refractivity (Wildman–Crippen MR) is 65.3 cm³/mol. The molecule has 0 spiro atoms. The molecule has 2 aliphatic heterocycles. The molecule has 3 N–H and O–H groups in total. The third kappa shape index (κ3) is 3.43. The first-order valence-corrected chi connectivity index (χ1v) is 6.60. The fourth-order valence-corrected chi connectivity index (χ4v) is 2.54. The monoisotopic (exact) mass is 277 g/mol. The van der Waals surface area contributed by atoms with Crippen molar-refractivity contribution in [2.24, 2.45) is 0 Å². The molecule has 112 valence electrons. The van der Waals surface area contributed by atoms with Crippen molar-refractivity contribution < 1.29 is 29.5 Å². The Morgan fingerprint density at radius 1 is 1.11 bits per heavy atom. The molecule has 0 aromatic carbocycles. The average molecular weight is 277 g/mol. The van der Waals surface area contributed by atoms with Crippen LogP contribution in [0.15, 0.2) is 0 Å². The summed E-state index contributed by atoms with van der Waals surface area (Å²) in [6, 6.07) is 0. The topological polar surface area (TPSA) is 91.6 Å². The summed E-state index contributed by atoms with van der Waals surface area (Å²) in [6.07, 6.45) is -2.25. The van der Waals surface area contributed by atoms with Crippen molar-refractivity contribution in [1.29, 1.82) is 0 Å². The van der Waals surface area contributed by atoms with Gasteiger partial charge in [-0.15, -0.1) is 0 Å². The van der Waals surface area contributed by atoms with Gasteiger partial charge >= 0.3 is 0 Å². The van der Waals surface area contributed by atoms with Crippen LogP contribution in [0.4, 0.5) is 0 Å². The van der Waals surface area contributed by atoms with Gasteiger partial charge in [0.05, 0.1) is 13.2 Å². The molecule has 2 aliphatic rings. The molecule has 0 radical (unpaired) electrons. The van der Waals surface area contributed by atoms with Crippen molar-refractivity contribution >= 4 is 0 Å². The van der Waals surface area contributed by atoms with Crippen LogP contribution in [0.5, 0.6) is 0 Å². The van der Waals surface area contributed by atoms with Crippen LogP contribution in [0.3, 0.4) is 0 Å². The molecule has 0 aromatic heterocycles. The highest BCUT2D eigenvalue weighted by Gasteiger charge is 2.54. The molecule has 0 aliphatic carbocycles. The van der Waals surface area contributed by atoms with Crippen LogP contribution < -0.4 is 0 Å². The van der Waals surface area contributed by atoms with Gasteiger partial charge in [-0.2, -0.15) is 0 Å². The Balaban J connectivity index is 1.90. The molecule has 0 amide bonds. The number of nitrogens with zero attached hydrogens (tertiary/aromatic N) is 1. The van der Waals surface area contributed by atoms with Gasteiger partial charge in [-0.25, -0.2) is 0 Å². The first-order valence-electron chi connectivity index (χ1n) is 6.60. The van der Waals surface area contributed by atoms with Gasteiger partial charge < -0.3 is 29.5 Å². The van der Waals surface area contributed by atoms with Crippen molar-refractivity contribution in [3.63, 3.8) is 0 Å². The molecule has 0 aromatic rings. The van der Waals surface area contributed by atoms with E-state index in [0.29, 0.717) is 19.6 Å². The van der Waals surface area contributed by atoms with Crippen LogP contribution in [0, 0.1) is 0 Å². The number of ether oxygens (including phenoxy) is 3. The number of rotatable bonds is 6. The van der Waals surface area contributed by atoms with E-state index in [9.17, 15) is 5.11 Å². The number of hydrogen-bond donors (Lipinski definition) is 3. The minimum atomic E-state index is -0.772. The minimum Gasteiger partial charge on any atom is -0.395 e. The fourth-order valence-electron chi connectivity index (χ4n) is 2.54. The third-order valence-electron chi connectivity index (χ3n) is 3.39. The number of fused-ring (bicyclic) bond motifs is 1. The van der Waals surface area contributed by atoms with Crippen LogP contribution in [-0.2, 0) is 14.2 Å². The molecule has 2 fully saturated rings. The second-order valence-electron chi connectivity index (χ2n) is 5.38. The van der Waals surface area contributed by atoms with Crippen molar-refractivity contribution in [3.8, 4) is 0 Å². The zero-order valence-electron chi connectivity index (χ0n) is 11.4. The van der Waals surface area contributed by atoms with E-state index in [2.05, 4.69) is 0 Å². The number of aliphatic hydroxyl groups excluding tert-OH is 3. The zero-order valence-corrected chi connectivity index (χ0v) is 11.4. The molecule has 0 saturated carbocycles. The number of aliphatic hydroxyl groups is 3. The lowest BCUT2D eigenvalue weighted by molar-refractivity contribution is -0.216. The fraction of sp³-hybridized carbons (Fsp3) is 1.00. The van der Waals surface area contributed by atoms with Crippen LogP contribution in [0.25, 0.3) is 0 Å². The number of hydrogen-bond acceptors (Lipinski definition) is 7. The average Bonchev–Trinajstić information content (AvgIpc) is 2.75. The van der Waals surface area contributed by atoms with E-state index in [1.165, 1.54) is 0 Å². The molecular weight excluding hydrogens is 254 g/mol. The van der Waals surface area contributed by atoms with E-state index < -0.39 is 30.4 Å². The van der Waals surface area contributed by atoms with E-state index in [4.69, 9.17) is 24.4 Å². The molecule has 2 saturated heterocycles. The molecule has 7 nitrogen and oxygen atoms in total. The van der Waals surface area contributed by atoms with Gasteiger partial charge in [0, 0.05) is 19.6 Å². The molecule has 2 heterocycles. The highest BCUT2D eigenvalue weighted by molar-refractivity contribution is 4.94. The van der Waals surface area contributed by atoms with E-state index >= 15 is 0 Å². The van der Waals surface area contributed by atoms with E-state index in [-0.39, 0.29) is 13.2 Å². The Hall–Kier alpha value is -0.280. The van der Waals surface area contributed by atoms with Gasteiger partial charge in [0.1, 0.15) is 18.3 Å². The highest BCUT2D eigenvalue weighted by Crippen LogP contribution is 2.37. The molecule has 0 bridgehead atoms. The maximum Gasteiger partial charge on any atom is 0.190 e. The second-order valence-corrected chi connectivity index (χ2v) is 5.38. The van der Waals surface area contributed by atoms with Gasteiger partial charge in [0.2, 0.25) is 0 Å². The van der Waals surface area contributed by atoms with Crippen LogP contribution in [-0.4, -0.2) is 83.5 Å². The van der Waals surface area contributed by atoms with Crippen molar-refractivity contribution in [3.05, 3.63) is 0 Å². The lowest BCUT2D eigenvalue weighted by Crippen LogP contribution is -2.43. The molecule has 2 rings (SSSR count). The molecule has 7 heteroatoms. The van der Waals surface area contributed by atoms with Gasteiger partial charge in [-0.05, 0) is 13.8 Å². The van der Waals surface area contributed by atoms with E-state index in [0.717, 1.165) is 0 Å². The standard InChI is InChI=1S/C12H23NO6/c1-12(2)18-10-9(16)8(17-11(10)19-12)7-13(3-5-14)4-6-15/h8-11,14-16H,3-7H2,1-2H3/t8-,9+,10-,11-/m1/s1. The second kappa shape index (κ2) is 6.01. The lowest BCUT2D eigenvalue weighted by atomic mass is 10.1. The largest absolute Gasteiger partial charge is 0.395 e. The van der Waals surface area contributed by atoms with Crippen LogP contribution >= 0.6 is 0 Å². The summed E-state index contributed by atoms with van der Waals surface area (Å²) in [7, 11) is 0. The quantitative estimate of drug-likeness (QED) is 0.545. The summed E-state index contributed by atoms with van der Waals surface area (Å²) in [4.78, 5) is 1.83. The normalized spacial score (nSPS) is 36.9. The van der Waals surface area contributed by atoms with Gasteiger partial charge in [-0.1, -0.05) is 0 Å². The molecular formula is C12H23NO6. The summed E-state index contributed by atoms with van der Waals surface area (Å²) in [5.74, 6) is -0.739. The van der Waals surface area contributed by atoms with Crippen molar-refractivity contribution in [2.45, 2.75) is 44.2 Å². The summed E-state index contributed by atoms with van der Waals surface area (Å²) in [5.41, 5.74) is 0. The Bertz CT molecular complexity index is 294.